The molecule has 14 nitrogen and oxygen atoms in total. The van der Waals surface area contributed by atoms with Crippen molar-refractivity contribution in [2.75, 3.05) is 0 Å². The van der Waals surface area contributed by atoms with Crippen LogP contribution in [0.3, 0.4) is 0 Å². The number of amides is 2. The molecule has 0 saturated heterocycles. The van der Waals surface area contributed by atoms with Crippen LogP contribution in [0.2, 0.25) is 0 Å². The number of carbonyl (C=O) groups is 2. The van der Waals surface area contributed by atoms with Crippen molar-refractivity contribution in [1.82, 2.24) is 29.7 Å². The lowest BCUT2D eigenvalue weighted by Crippen LogP contribution is -2.27. The molecule has 0 aliphatic rings. The third-order valence-corrected chi connectivity index (χ3v) is 5.01. The van der Waals surface area contributed by atoms with Crippen LogP contribution >= 0.6 is 0 Å². The highest BCUT2D eigenvalue weighted by molar-refractivity contribution is 5.76. The molecule has 0 fully saturated rings. The molecule has 0 aliphatic carbocycles. The highest BCUT2D eigenvalue weighted by Gasteiger charge is 2.17. The van der Waals surface area contributed by atoms with E-state index in [9.17, 15) is 29.8 Å². The molecule has 0 atom stereocenters. The number of hydrogen-bond donors (Lipinski definition) is 2. The quantitative estimate of drug-likeness (QED) is 0.236. The molecule has 2 aromatic carbocycles. The monoisotopic (exact) mass is 520 g/mol. The number of carbonyl (C=O) groups excluding carboxylic acids is 2. The zero-order valence-electron chi connectivity index (χ0n) is 20.0. The standard InChI is InChI=1S/2C12H12N4O3/c2*17-11(14-8-10-4-2-1-3-5-10)9-15-7-6-13-12(15)16(18)19/h2*1-7H,8-9H2,(H,14,17). The predicted molar refractivity (Wildman–Crippen MR) is 134 cm³/mol. The molecule has 2 amide bonds. The summed E-state index contributed by atoms with van der Waals surface area (Å²) in [5, 5.41) is 26.7. The number of aromatic nitrogens is 4. The number of hydrogen-bond acceptors (Lipinski definition) is 8. The molecule has 4 rings (SSSR count). The molecule has 0 aliphatic heterocycles. The SMILES string of the molecule is O=C(Cn1ccnc1[N+](=O)[O-])NCc1ccccc1.O=C(Cn1ccnc1[N+](=O)[O-])NCc1ccccc1. The Labute approximate surface area is 216 Å². The second-order valence-corrected chi connectivity index (χ2v) is 7.75. The van der Waals surface area contributed by atoms with E-state index in [0.29, 0.717) is 13.1 Å². The molecule has 0 radical (unpaired) electrons. The van der Waals surface area contributed by atoms with Gasteiger partial charge in [-0.1, -0.05) is 70.6 Å². The van der Waals surface area contributed by atoms with Crippen molar-refractivity contribution < 1.29 is 19.4 Å². The van der Waals surface area contributed by atoms with Crippen LogP contribution in [0.15, 0.2) is 85.5 Å². The summed E-state index contributed by atoms with van der Waals surface area (Å²) < 4.78 is 2.39. The number of nitrogens with zero attached hydrogens (tertiary/aromatic N) is 6. The number of rotatable bonds is 10. The second-order valence-electron chi connectivity index (χ2n) is 7.75. The summed E-state index contributed by atoms with van der Waals surface area (Å²) in [6, 6.07) is 18.8. The summed E-state index contributed by atoms with van der Waals surface area (Å²) >= 11 is 0. The molecule has 0 bridgehead atoms. The fourth-order valence-corrected chi connectivity index (χ4v) is 3.21. The minimum Gasteiger partial charge on any atom is -0.390 e. The molecule has 4 aromatic rings. The molecule has 0 saturated carbocycles. The first-order valence-electron chi connectivity index (χ1n) is 11.3. The molecule has 14 heteroatoms. The van der Waals surface area contributed by atoms with Crippen molar-refractivity contribution in [3.05, 3.63) is 117 Å². The zero-order chi connectivity index (χ0) is 27.3. The van der Waals surface area contributed by atoms with Gasteiger partial charge in [-0.15, -0.1) is 0 Å². The fraction of sp³-hybridized carbons (Fsp3) is 0.167. The number of benzene rings is 2. The van der Waals surface area contributed by atoms with E-state index in [1.54, 1.807) is 0 Å². The van der Waals surface area contributed by atoms with E-state index in [1.165, 1.54) is 33.9 Å². The van der Waals surface area contributed by atoms with Crippen LogP contribution in [0.1, 0.15) is 11.1 Å². The highest BCUT2D eigenvalue weighted by Crippen LogP contribution is 2.08. The van der Waals surface area contributed by atoms with E-state index < -0.39 is 9.85 Å². The van der Waals surface area contributed by atoms with Gasteiger partial charge in [0.2, 0.25) is 0 Å². The lowest BCUT2D eigenvalue weighted by Gasteiger charge is -2.05. The molecule has 2 aromatic heterocycles. The average molecular weight is 521 g/mol. The van der Waals surface area contributed by atoms with Gasteiger partial charge in [0.15, 0.2) is 13.1 Å². The van der Waals surface area contributed by atoms with Gasteiger partial charge in [-0.3, -0.25) is 9.59 Å². The van der Waals surface area contributed by atoms with Crippen LogP contribution in [0.5, 0.6) is 0 Å². The topological polar surface area (TPSA) is 180 Å². The van der Waals surface area contributed by atoms with E-state index in [4.69, 9.17) is 0 Å². The Bertz CT molecular complexity index is 1270. The first-order valence-corrected chi connectivity index (χ1v) is 11.3. The molecular formula is C24H24N8O6. The van der Waals surface area contributed by atoms with Gasteiger partial charge in [-0.25, -0.2) is 9.13 Å². The molecular weight excluding hydrogens is 496 g/mol. The molecule has 38 heavy (non-hydrogen) atoms. The van der Waals surface area contributed by atoms with Crippen LogP contribution in [0, 0.1) is 20.2 Å². The normalized spacial score (nSPS) is 10.1. The summed E-state index contributed by atoms with van der Waals surface area (Å²) in [5.74, 6) is -1.28. The van der Waals surface area contributed by atoms with Crippen molar-refractivity contribution in [3.63, 3.8) is 0 Å². The van der Waals surface area contributed by atoms with Gasteiger partial charge >= 0.3 is 11.9 Å². The van der Waals surface area contributed by atoms with Gasteiger partial charge in [0.05, 0.1) is 0 Å². The Hall–Kier alpha value is -5.40. The molecule has 0 unspecified atom stereocenters. The van der Waals surface area contributed by atoms with Gasteiger partial charge in [-0.05, 0) is 21.0 Å². The fourth-order valence-electron chi connectivity index (χ4n) is 3.21. The minimum absolute atomic E-state index is 0.122. The van der Waals surface area contributed by atoms with Gasteiger partial charge in [0, 0.05) is 13.1 Å². The Balaban J connectivity index is 0.000000211. The van der Waals surface area contributed by atoms with Crippen LogP contribution in [-0.2, 0) is 35.8 Å². The maximum Gasteiger partial charge on any atom is 0.435 e. The van der Waals surface area contributed by atoms with E-state index in [1.807, 2.05) is 60.7 Å². The number of nitrogens with one attached hydrogen (secondary N) is 2. The van der Waals surface area contributed by atoms with E-state index in [0.717, 1.165) is 11.1 Å². The Morgan fingerprint density at radius 1 is 0.684 bits per heavy atom. The molecule has 0 spiro atoms. The lowest BCUT2D eigenvalue weighted by atomic mass is 10.2. The largest absolute Gasteiger partial charge is 0.435 e. The predicted octanol–water partition coefficient (Wildman–Crippen LogP) is 2.22. The van der Waals surface area contributed by atoms with Crippen molar-refractivity contribution in [2.24, 2.45) is 0 Å². The maximum atomic E-state index is 11.7. The van der Waals surface area contributed by atoms with Crippen molar-refractivity contribution in [1.29, 1.82) is 0 Å². The first-order chi connectivity index (χ1) is 18.3. The third kappa shape index (κ3) is 8.37. The minimum atomic E-state index is -0.621. The molecule has 2 N–H and O–H groups in total. The Kier molecular flexibility index (Phi) is 9.75. The van der Waals surface area contributed by atoms with Crippen molar-refractivity contribution in [2.45, 2.75) is 26.2 Å². The summed E-state index contributed by atoms with van der Waals surface area (Å²) in [6.07, 6.45) is 5.39. The summed E-state index contributed by atoms with van der Waals surface area (Å²) in [6.45, 7) is 0.538. The van der Waals surface area contributed by atoms with Crippen molar-refractivity contribution >= 4 is 23.7 Å². The van der Waals surface area contributed by atoms with E-state index in [-0.39, 0.29) is 36.8 Å². The zero-order valence-corrected chi connectivity index (χ0v) is 20.0. The second kappa shape index (κ2) is 13.6. The van der Waals surface area contributed by atoms with Crippen molar-refractivity contribution in [3.8, 4) is 0 Å². The molecule has 196 valence electrons. The summed E-state index contributed by atoms with van der Waals surface area (Å²) in [4.78, 5) is 50.5. The van der Waals surface area contributed by atoms with E-state index >= 15 is 0 Å². The van der Waals surface area contributed by atoms with Crippen LogP contribution in [0.4, 0.5) is 11.9 Å². The van der Waals surface area contributed by atoms with Gasteiger partial charge in [-0.2, -0.15) is 0 Å². The van der Waals surface area contributed by atoms with E-state index in [2.05, 4.69) is 20.6 Å². The number of nitro groups is 2. The van der Waals surface area contributed by atoms with Crippen LogP contribution in [-0.4, -0.2) is 40.8 Å². The Morgan fingerprint density at radius 2 is 1.05 bits per heavy atom. The molecule has 2 heterocycles. The third-order valence-electron chi connectivity index (χ3n) is 5.01. The maximum absolute atomic E-state index is 11.7. The first kappa shape index (κ1) is 27.2. The van der Waals surface area contributed by atoms with Crippen LogP contribution < -0.4 is 10.6 Å². The lowest BCUT2D eigenvalue weighted by molar-refractivity contribution is -0.396. The van der Waals surface area contributed by atoms with Crippen LogP contribution in [0.25, 0.3) is 0 Å². The van der Waals surface area contributed by atoms with Gasteiger partial charge in [0.25, 0.3) is 11.8 Å². The summed E-state index contributed by atoms with van der Waals surface area (Å²) in [5.41, 5.74) is 1.94. The average Bonchev–Trinajstić information content (AvgIpc) is 3.58. The highest BCUT2D eigenvalue weighted by atomic mass is 16.6. The summed E-state index contributed by atoms with van der Waals surface area (Å²) in [7, 11) is 0. The Morgan fingerprint density at radius 3 is 1.39 bits per heavy atom. The number of imidazole rings is 2. The smallest absolute Gasteiger partial charge is 0.390 e. The van der Waals surface area contributed by atoms with Gasteiger partial charge in [0.1, 0.15) is 24.8 Å². The van der Waals surface area contributed by atoms with Gasteiger partial charge < -0.3 is 30.9 Å².